The molecule has 0 unspecified atom stereocenters. The highest BCUT2D eigenvalue weighted by molar-refractivity contribution is 5.74. The van der Waals surface area contributed by atoms with E-state index >= 15 is 0 Å². The summed E-state index contributed by atoms with van der Waals surface area (Å²) < 4.78 is 40.0. The number of carbonyl (C=O) groups excluding carboxylic acids is 1. The van der Waals surface area contributed by atoms with E-state index in [4.69, 9.17) is 0 Å². The Morgan fingerprint density at radius 1 is 1.29 bits per heavy atom. The van der Waals surface area contributed by atoms with E-state index in [1.807, 2.05) is 11.5 Å². The number of urea groups is 1. The summed E-state index contributed by atoms with van der Waals surface area (Å²) in [6.07, 6.45) is 2.24. The maximum absolute atomic E-state index is 12.7. The standard InChI is InChI=1S/C20H25F3N4O/c1-2-9-25-19(28)27(13-15-3-4-15)14-18-24-10-11-26(18)12-16-5-7-17(8-6-16)20(21,22)23/h5-8,10-11,15H,2-4,9,12-14H2,1H3,(H,25,28). The number of benzene rings is 1. The number of halogens is 3. The molecule has 0 saturated heterocycles. The monoisotopic (exact) mass is 394 g/mol. The third-order valence-corrected chi connectivity index (χ3v) is 4.76. The van der Waals surface area contributed by atoms with Crippen LogP contribution < -0.4 is 5.32 Å². The molecule has 1 N–H and O–H groups in total. The van der Waals surface area contributed by atoms with Crippen molar-refractivity contribution in [3.63, 3.8) is 0 Å². The van der Waals surface area contributed by atoms with Gasteiger partial charge in [-0.2, -0.15) is 13.2 Å². The van der Waals surface area contributed by atoms with Crippen LogP contribution in [-0.4, -0.2) is 33.6 Å². The molecule has 0 aliphatic heterocycles. The number of nitrogens with one attached hydrogen (secondary N) is 1. The van der Waals surface area contributed by atoms with Crippen LogP contribution >= 0.6 is 0 Å². The van der Waals surface area contributed by atoms with Crippen molar-refractivity contribution in [3.8, 4) is 0 Å². The molecule has 1 aromatic carbocycles. The molecule has 0 bridgehead atoms. The summed E-state index contributed by atoms with van der Waals surface area (Å²) in [5.74, 6) is 1.26. The maximum Gasteiger partial charge on any atom is 0.416 e. The van der Waals surface area contributed by atoms with E-state index in [-0.39, 0.29) is 6.03 Å². The lowest BCUT2D eigenvalue weighted by Crippen LogP contribution is -2.41. The minimum atomic E-state index is -4.34. The Balaban J connectivity index is 1.68. The molecule has 2 aromatic rings. The van der Waals surface area contributed by atoms with Crippen LogP contribution in [-0.2, 0) is 19.3 Å². The summed E-state index contributed by atoms with van der Waals surface area (Å²) in [5, 5.41) is 2.91. The normalized spacial score (nSPS) is 14.1. The zero-order valence-electron chi connectivity index (χ0n) is 15.9. The molecule has 0 spiro atoms. The van der Waals surface area contributed by atoms with E-state index in [0.717, 1.165) is 37.0 Å². The number of hydrogen-bond donors (Lipinski definition) is 1. The van der Waals surface area contributed by atoms with Gasteiger partial charge < -0.3 is 14.8 Å². The second kappa shape index (κ2) is 8.67. The van der Waals surface area contributed by atoms with Crippen LogP contribution in [0.25, 0.3) is 0 Å². The summed E-state index contributed by atoms with van der Waals surface area (Å²) in [7, 11) is 0. The molecule has 1 heterocycles. The van der Waals surface area contributed by atoms with Crippen LogP contribution in [0.4, 0.5) is 18.0 Å². The number of carbonyl (C=O) groups is 1. The Bertz CT molecular complexity index is 781. The number of nitrogens with zero attached hydrogens (tertiary/aromatic N) is 3. The topological polar surface area (TPSA) is 50.2 Å². The Kier molecular flexibility index (Phi) is 6.26. The lowest BCUT2D eigenvalue weighted by atomic mass is 10.1. The fraction of sp³-hybridized carbons (Fsp3) is 0.500. The third-order valence-electron chi connectivity index (χ3n) is 4.76. The molecule has 1 aromatic heterocycles. The van der Waals surface area contributed by atoms with Gasteiger partial charge in [0.25, 0.3) is 0 Å². The fourth-order valence-electron chi connectivity index (χ4n) is 2.98. The second-order valence-electron chi connectivity index (χ2n) is 7.22. The number of imidazole rings is 1. The second-order valence-corrected chi connectivity index (χ2v) is 7.22. The SMILES string of the molecule is CCCNC(=O)N(Cc1nccn1Cc1ccc(C(F)(F)F)cc1)CC1CC1. The van der Waals surface area contributed by atoms with Crippen molar-refractivity contribution in [2.75, 3.05) is 13.1 Å². The first kappa shape index (κ1) is 20.2. The van der Waals surface area contributed by atoms with Gasteiger partial charge in [-0.25, -0.2) is 9.78 Å². The first-order valence-corrected chi connectivity index (χ1v) is 9.55. The van der Waals surface area contributed by atoms with E-state index in [1.165, 1.54) is 12.1 Å². The first-order valence-electron chi connectivity index (χ1n) is 9.55. The fourth-order valence-corrected chi connectivity index (χ4v) is 2.98. The zero-order valence-corrected chi connectivity index (χ0v) is 15.9. The van der Waals surface area contributed by atoms with Gasteiger partial charge in [0.05, 0.1) is 12.1 Å². The van der Waals surface area contributed by atoms with Crippen LogP contribution in [0, 0.1) is 5.92 Å². The highest BCUT2D eigenvalue weighted by atomic mass is 19.4. The molecule has 1 saturated carbocycles. The summed E-state index contributed by atoms with van der Waals surface area (Å²) in [6.45, 7) is 4.10. The molecule has 1 aliphatic carbocycles. The third kappa shape index (κ3) is 5.50. The average Bonchev–Trinajstić information content (AvgIpc) is 3.37. The number of alkyl halides is 3. The maximum atomic E-state index is 12.7. The lowest BCUT2D eigenvalue weighted by molar-refractivity contribution is -0.137. The summed E-state index contributed by atoms with van der Waals surface area (Å²) >= 11 is 0. The van der Waals surface area contributed by atoms with Gasteiger partial charge in [0.15, 0.2) is 0 Å². The molecular formula is C20H25F3N4O. The molecule has 2 amide bonds. The van der Waals surface area contributed by atoms with Gasteiger partial charge in [-0.1, -0.05) is 19.1 Å². The lowest BCUT2D eigenvalue weighted by Gasteiger charge is -2.23. The minimum Gasteiger partial charge on any atom is -0.338 e. The van der Waals surface area contributed by atoms with E-state index < -0.39 is 11.7 Å². The Labute approximate surface area is 162 Å². The van der Waals surface area contributed by atoms with Crippen LogP contribution in [0.5, 0.6) is 0 Å². The van der Waals surface area contributed by atoms with Gasteiger partial charge in [-0.3, -0.25) is 0 Å². The van der Waals surface area contributed by atoms with Crippen LogP contribution in [0.15, 0.2) is 36.7 Å². The van der Waals surface area contributed by atoms with Crippen molar-refractivity contribution in [2.24, 2.45) is 5.92 Å². The van der Waals surface area contributed by atoms with Crippen molar-refractivity contribution in [1.29, 1.82) is 0 Å². The predicted octanol–water partition coefficient (Wildman–Crippen LogP) is 4.28. The summed E-state index contributed by atoms with van der Waals surface area (Å²) in [5.41, 5.74) is 0.0849. The average molecular weight is 394 g/mol. The molecule has 28 heavy (non-hydrogen) atoms. The van der Waals surface area contributed by atoms with E-state index in [0.29, 0.717) is 37.9 Å². The van der Waals surface area contributed by atoms with Crippen LogP contribution in [0.2, 0.25) is 0 Å². The van der Waals surface area contributed by atoms with E-state index in [2.05, 4.69) is 10.3 Å². The molecule has 152 valence electrons. The van der Waals surface area contributed by atoms with Gasteiger partial charge in [-0.15, -0.1) is 0 Å². The van der Waals surface area contributed by atoms with E-state index in [9.17, 15) is 18.0 Å². The van der Waals surface area contributed by atoms with E-state index in [1.54, 1.807) is 17.3 Å². The highest BCUT2D eigenvalue weighted by Gasteiger charge is 2.30. The van der Waals surface area contributed by atoms with Crippen molar-refractivity contribution < 1.29 is 18.0 Å². The quantitative estimate of drug-likeness (QED) is 0.727. The zero-order chi connectivity index (χ0) is 20.1. The van der Waals surface area contributed by atoms with Gasteiger partial charge in [0.1, 0.15) is 5.82 Å². The van der Waals surface area contributed by atoms with Gasteiger partial charge in [0, 0.05) is 32.0 Å². The van der Waals surface area contributed by atoms with Crippen molar-refractivity contribution in [2.45, 2.75) is 45.5 Å². The molecular weight excluding hydrogens is 369 g/mol. The summed E-state index contributed by atoms with van der Waals surface area (Å²) in [4.78, 5) is 18.6. The van der Waals surface area contributed by atoms with Gasteiger partial charge in [0.2, 0.25) is 0 Å². The highest BCUT2D eigenvalue weighted by Crippen LogP contribution is 2.30. The molecule has 0 radical (unpaired) electrons. The molecule has 0 atom stereocenters. The summed E-state index contributed by atoms with van der Waals surface area (Å²) in [6, 6.07) is 5.02. The smallest absolute Gasteiger partial charge is 0.338 e. The molecule has 5 nitrogen and oxygen atoms in total. The number of amides is 2. The molecule has 1 aliphatic rings. The van der Waals surface area contributed by atoms with Crippen LogP contribution in [0.1, 0.15) is 43.1 Å². The first-order chi connectivity index (χ1) is 13.4. The number of rotatable bonds is 8. The predicted molar refractivity (Wildman–Crippen MR) is 99.6 cm³/mol. The largest absolute Gasteiger partial charge is 0.416 e. The molecule has 8 heteroatoms. The Morgan fingerprint density at radius 3 is 2.61 bits per heavy atom. The van der Waals surface area contributed by atoms with Crippen LogP contribution in [0.3, 0.4) is 0 Å². The van der Waals surface area contributed by atoms with Crippen molar-refractivity contribution >= 4 is 6.03 Å². The van der Waals surface area contributed by atoms with Crippen molar-refractivity contribution in [3.05, 3.63) is 53.6 Å². The Morgan fingerprint density at radius 2 is 2.00 bits per heavy atom. The van der Waals surface area contributed by atoms with Crippen molar-refractivity contribution in [1.82, 2.24) is 19.8 Å². The van der Waals surface area contributed by atoms with Gasteiger partial charge in [-0.05, 0) is 42.9 Å². The minimum absolute atomic E-state index is 0.0992. The molecule has 3 rings (SSSR count). The molecule has 1 fully saturated rings. The number of aromatic nitrogens is 2. The number of hydrogen-bond acceptors (Lipinski definition) is 2. The van der Waals surface area contributed by atoms with Gasteiger partial charge >= 0.3 is 12.2 Å². The Hall–Kier alpha value is -2.51.